The van der Waals surface area contributed by atoms with Crippen LogP contribution >= 0.6 is 0 Å². The molecule has 0 radical (unpaired) electrons. The van der Waals surface area contributed by atoms with E-state index in [4.69, 9.17) is 9.47 Å². The van der Waals surface area contributed by atoms with Crippen LogP contribution in [0.2, 0.25) is 0 Å². The highest BCUT2D eigenvalue weighted by atomic mass is 16.6. The van der Waals surface area contributed by atoms with Crippen molar-refractivity contribution >= 4 is 6.09 Å². The van der Waals surface area contributed by atoms with Crippen LogP contribution in [0.5, 0.6) is 0 Å². The minimum Gasteiger partial charge on any atom is -0.444 e. The Morgan fingerprint density at radius 1 is 1.00 bits per heavy atom. The van der Waals surface area contributed by atoms with Crippen molar-refractivity contribution in [1.29, 1.82) is 0 Å². The summed E-state index contributed by atoms with van der Waals surface area (Å²) in [5.41, 5.74) is -0.418. The van der Waals surface area contributed by atoms with E-state index in [1.54, 1.807) is 12.0 Å². The third-order valence-electron chi connectivity index (χ3n) is 2.85. The van der Waals surface area contributed by atoms with E-state index >= 15 is 0 Å². The molecule has 0 bridgehead atoms. The Morgan fingerprint density at radius 3 is 2.09 bits per heavy atom. The number of carbonyl (C=O) groups is 1. The van der Waals surface area contributed by atoms with Gasteiger partial charge >= 0.3 is 6.09 Å². The summed E-state index contributed by atoms with van der Waals surface area (Å²) in [6.45, 7) is 18.8. The van der Waals surface area contributed by atoms with Crippen molar-refractivity contribution in [2.75, 3.05) is 46.4 Å². The molecule has 1 rings (SSSR count). The van der Waals surface area contributed by atoms with E-state index in [2.05, 4.69) is 4.90 Å². The number of hydrogen-bond donors (Lipinski definition) is 0. The third kappa shape index (κ3) is 11.8. The number of nitrogens with zero attached hydrogens (tertiary/aromatic N) is 2. The molecule has 0 aromatic rings. The zero-order valence-corrected chi connectivity index (χ0v) is 16.1. The highest BCUT2D eigenvalue weighted by molar-refractivity contribution is 5.68. The van der Waals surface area contributed by atoms with Crippen LogP contribution < -0.4 is 0 Å². The van der Waals surface area contributed by atoms with Crippen molar-refractivity contribution in [1.82, 2.24) is 9.80 Å². The van der Waals surface area contributed by atoms with E-state index in [0.29, 0.717) is 0 Å². The maximum absolute atomic E-state index is 11.9. The van der Waals surface area contributed by atoms with Gasteiger partial charge < -0.3 is 14.4 Å². The van der Waals surface area contributed by atoms with Gasteiger partial charge in [0.05, 0.1) is 6.61 Å². The highest BCUT2D eigenvalue weighted by Crippen LogP contribution is 2.11. The van der Waals surface area contributed by atoms with Crippen LogP contribution in [0.25, 0.3) is 0 Å². The Kier molecular flexibility index (Phi) is 14.7. The molecular weight excluding hydrogens is 280 g/mol. The number of methoxy groups -OCH3 is 1. The average Bonchev–Trinajstić information content (AvgIpc) is 2.73. The summed E-state index contributed by atoms with van der Waals surface area (Å²) in [7, 11) is 1.71. The summed E-state index contributed by atoms with van der Waals surface area (Å²) in [6, 6.07) is 0. The average molecular weight is 319 g/mol. The topological polar surface area (TPSA) is 42.0 Å². The molecule has 5 heteroatoms. The monoisotopic (exact) mass is 318 g/mol. The molecule has 0 N–H and O–H groups in total. The molecule has 0 atom stereocenters. The Bertz CT molecular complexity index is 265. The van der Waals surface area contributed by atoms with E-state index in [-0.39, 0.29) is 6.09 Å². The molecule has 134 valence electrons. The first-order valence-corrected chi connectivity index (χ1v) is 8.61. The van der Waals surface area contributed by atoms with E-state index in [1.807, 2.05) is 48.5 Å². The lowest BCUT2D eigenvalue weighted by molar-refractivity contribution is 0.0256. The largest absolute Gasteiger partial charge is 0.444 e. The second-order valence-electron chi connectivity index (χ2n) is 5.66. The lowest BCUT2D eigenvalue weighted by Gasteiger charge is -2.26. The van der Waals surface area contributed by atoms with Crippen LogP contribution in [0.4, 0.5) is 4.79 Å². The van der Waals surface area contributed by atoms with E-state index in [9.17, 15) is 4.79 Å². The Labute approximate surface area is 137 Å². The minimum atomic E-state index is -0.418. The first kappa shape index (κ1) is 23.5. The molecule has 0 aromatic heterocycles. The summed E-state index contributed by atoms with van der Waals surface area (Å²) in [6.07, 6.45) is 0.791. The molecule has 1 fully saturated rings. The molecule has 0 saturated carbocycles. The van der Waals surface area contributed by atoms with Crippen LogP contribution in [0.15, 0.2) is 0 Å². The van der Waals surface area contributed by atoms with Crippen LogP contribution in [0, 0.1) is 0 Å². The van der Waals surface area contributed by atoms with Gasteiger partial charge in [-0.2, -0.15) is 0 Å². The van der Waals surface area contributed by atoms with Gasteiger partial charge in [0.25, 0.3) is 0 Å². The SMILES string of the molecule is CC.CC.COCCN1CCCN(C(=O)OC(C)(C)C)CC1. The number of amides is 1. The second kappa shape index (κ2) is 13.8. The predicted molar refractivity (Wildman–Crippen MR) is 93.4 cm³/mol. The van der Waals surface area contributed by atoms with Gasteiger partial charge in [0.15, 0.2) is 0 Å². The highest BCUT2D eigenvalue weighted by Gasteiger charge is 2.24. The van der Waals surface area contributed by atoms with Gasteiger partial charge in [-0.15, -0.1) is 0 Å². The summed E-state index contributed by atoms with van der Waals surface area (Å²) >= 11 is 0. The first-order chi connectivity index (χ1) is 10.4. The standard InChI is InChI=1S/C13H26N2O3.2C2H6/c1-13(2,3)18-12(16)15-7-5-6-14(8-9-15)10-11-17-4;2*1-2/h5-11H2,1-4H3;2*1-2H3. The molecule has 1 heterocycles. The fourth-order valence-electron chi connectivity index (χ4n) is 1.92. The maximum atomic E-state index is 11.9. The molecule has 1 amide bonds. The van der Waals surface area contributed by atoms with Gasteiger partial charge in [0.1, 0.15) is 5.60 Å². The quantitative estimate of drug-likeness (QED) is 0.797. The Balaban J connectivity index is 0. The summed E-state index contributed by atoms with van der Waals surface area (Å²) in [5.74, 6) is 0. The fourth-order valence-corrected chi connectivity index (χ4v) is 1.92. The normalized spacial score (nSPS) is 15.7. The summed E-state index contributed by atoms with van der Waals surface area (Å²) in [5, 5.41) is 0. The van der Waals surface area contributed by atoms with Crippen molar-refractivity contribution in [3.8, 4) is 0 Å². The van der Waals surface area contributed by atoms with E-state index in [0.717, 1.165) is 45.8 Å². The van der Waals surface area contributed by atoms with Crippen molar-refractivity contribution in [2.24, 2.45) is 0 Å². The van der Waals surface area contributed by atoms with E-state index in [1.165, 1.54) is 0 Å². The zero-order chi connectivity index (χ0) is 17.6. The summed E-state index contributed by atoms with van der Waals surface area (Å²) in [4.78, 5) is 16.1. The minimum absolute atomic E-state index is 0.198. The molecule has 0 unspecified atom stereocenters. The first-order valence-electron chi connectivity index (χ1n) is 8.61. The molecule has 22 heavy (non-hydrogen) atoms. The van der Waals surface area contributed by atoms with Gasteiger partial charge in [0.2, 0.25) is 0 Å². The van der Waals surface area contributed by atoms with Crippen LogP contribution in [0.3, 0.4) is 0 Å². The van der Waals surface area contributed by atoms with Crippen LogP contribution in [-0.2, 0) is 9.47 Å². The lowest BCUT2D eigenvalue weighted by Crippen LogP contribution is -2.39. The van der Waals surface area contributed by atoms with Crippen molar-refractivity contribution in [2.45, 2.75) is 60.5 Å². The van der Waals surface area contributed by atoms with Crippen molar-refractivity contribution in [3.05, 3.63) is 0 Å². The van der Waals surface area contributed by atoms with Crippen LogP contribution in [0.1, 0.15) is 54.9 Å². The molecule has 1 aliphatic heterocycles. The summed E-state index contributed by atoms with van der Waals surface area (Å²) < 4.78 is 10.5. The Morgan fingerprint density at radius 2 is 1.59 bits per heavy atom. The van der Waals surface area contributed by atoms with Crippen LogP contribution in [-0.4, -0.2) is 67.9 Å². The Hall–Kier alpha value is -0.810. The lowest BCUT2D eigenvalue weighted by atomic mass is 10.2. The number of hydrogen-bond acceptors (Lipinski definition) is 4. The molecule has 0 spiro atoms. The maximum Gasteiger partial charge on any atom is 0.410 e. The van der Waals surface area contributed by atoms with Gasteiger partial charge in [-0.25, -0.2) is 4.79 Å². The molecule has 0 aromatic carbocycles. The van der Waals surface area contributed by atoms with Crippen molar-refractivity contribution < 1.29 is 14.3 Å². The fraction of sp³-hybridized carbons (Fsp3) is 0.941. The number of carbonyl (C=O) groups excluding carboxylic acids is 1. The van der Waals surface area contributed by atoms with Gasteiger partial charge in [-0.3, -0.25) is 4.90 Å². The third-order valence-corrected chi connectivity index (χ3v) is 2.85. The molecule has 0 aliphatic carbocycles. The molecular formula is C17H38N2O3. The number of ether oxygens (including phenoxy) is 2. The number of rotatable bonds is 3. The van der Waals surface area contributed by atoms with Crippen molar-refractivity contribution in [3.63, 3.8) is 0 Å². The van der Waals surface area contributed by atoms with E-state index < -0.39 is 5.60 Å². The molecule has 5 nitrogen and oxygen atoms in total. The van der Waals surface area contributed by atoms with Gasteiger partial charge in [-0.1, -0.05) is 27.7 Å². The van der Waals surface area contributed by atoms with Gasteiger partial charge in [0, 0.05) is 33.3 Å². The molecule has 1 saturated heterocycles. The molecule has 1 aliphatic rings. The predicted octanol–water partition coefficient (Wildman–Crippen LogP) is 3.63. The zero-order valence-electron chi connectivity index (χ0n) is 16.1. The second-order valence-corrected chi connectivity index (χ2v) is 5.66. The van der Waals surface area contributed by atoms with Gasteiger partial charge in [-0.05, 0) is 33.7 Å². The smallest absolute Gasteiger partial charge is 0.410 e.